The summed E-state index contributed by atoms with van der Waals surface area (Å²) in [6, 6.07) is 13.1. The first-order valence-electron chi connectivity index (χ1n) is 7.72. The molecule has 0 heterocycles. The van der Waals surface area contributed by atoms with Gasteiger partial charge in [0.05, 0.1) is 17.7 Å². The molecule has 25 heavy (non-hydrogen) atoms. The van der Waals surface area contributed by atoms with Crippen molar-refractivity contribution >= 4 is 21.8 Å². The number of aliphatic hydroxyl groups excluding tert-OH is 1. The van der Waals surface area contributed by atoms with E-state index in [0.29, 0.717) is 29.1 Å². The molecule has 2 rings (SSSR count). The number of hydrogen-bond acceptors (Lipinski definition) is 5. The second kappa shape index (κ2) is 9.41. The van der Waals surface area contributed by atoms with Crippen molar-refractivity contribution in [2.45, 2.75) is 12.6 Å². The number of ether oxygens (including phenoxy) is 2. The second-order valence-electron chi connectivity index (χ2n) is 5.42. The lowest BCUT2D eigenvalue weighted by molar-refractivity contribution is -0.119. The second-order valence-corrected chi connectivity index (χ2v) is 6.28. The molecule has 0 fully saturated rings. The maximum Gasteiger partial charge on any atom is 0.255 e. The average Bonchev–Trinajstić information content (AvgIpc) is 2.60. The quantitative estimate of drug-likeness (QED) is 0.590. The first kappa shape index (κ1) is 19.2. The molecule has 7 heteroatoms. The van der Waals surface area contributed by atoms with Gasteiger partial charge in [0.15, 0.2) is 18.1 Å². The molecule has 0 aromatic heterocycles. The van der Waals surface area contributed by atoms with Crippen LogP contribution in [0.2, 0.25) is 0 Å². The highest BCUT2D eigenvalue weighted by molar-refractivity contribution is 9.10. The van der Waals surface area contributed by atoms with E-state index in [4.69, 9.17) is 15.2 Å². The van der Waals surface area contributed by atoms with Crippen LogP contribution in [0.4, 0.5) is 0 Å². The van der Waals surface area contributed by atoms with Gasteiger partial charge in [0.2, 0.25) is 0 Å². The van der Waals surface area contributed by atoms with Crippen LogP contribution in [-0.2, 0) is 11.3 Å². The van der Waals surface area contributed by atoms with E-state index < -0.39 is 12.0 Å². The highest BCUT2D eigenvalue weighted by Crippen LogP contribution is 2.36. The number of benzene rings is 2. The number of carbonyl (C=O) groups excluding carboxylic acids is 1. The van der Waals surface area contributed by atoms with E-state index in [1.54, 1.807) is 0 Å². The van der Waals surface area contributed by atoms with Crippen LogP contribution in [0, 0.1) is 0 Å². The molecule has 0 spiro atoms. The molecule has 134 valence electrons. The van der Waals surface area contributed by atoms with E-state index in [-0.39, 0.29) is 6.61 Å². The largest absolute Gasteiger partial charge is 0.493 e. The number of methoxy groups -OCH3 is 1. The van der Waals surface area contributed by atoms with Crippen LogP contribution in [0.3, 0.4) is 0 Å². The molecular weight excluding hydrogens is 388 g/mol. The van der Waals surface area contributed by atoms with Crippen LogP contribution >= 0.6 is 15.9 Å². The van der Waals surface area contributed by atoms with Gasteiger partial charge >= 0.3 is 0 Å². The minimum atomic E-state index is -0.579. The van der Waals surface area contributed by atoms with Gasteiger partial charge in [-0.1, -0.05) is 30.3 Å². The third-order valence-electron chi connectivity index (χ3n) is 3.50. The summed E-state index contributed by atoms with van der Waals surface area (Å²) < 4.78 is 11.3. The zero-order valence-corrected chi connectivity index (χ0v) is 15.5. The average molecular weight is 409 g/mol. The Bertz CT molecular complexity index is 710. The molecular formula is C18H21BrN2O4. The van der Waals surface area contributed by atoms with Crippen LogP contribution in [0.25, 0.3) is 0 Å². The highest BCUT2D eigenvalue weighted by atomic mass is 79.9. The first-order valence-corrected chi connectivity index (χ1v) is 8.51. The molecule has 0 aliphatic carbocycles. The molecule has 0 aliphatic rings. The van der Waals surface area contributed by atoms with Crippen molar-refractivity contribution < 1.29 is 19.4 Å². The summed E-state index contributed by atoms with van der Waals surface area (Å²) in [5.74, 6) is 0.361. The normalized spacial score (nSPS) is 11.8. The molecule has 0 aliphatic heterocycles. The first-order chi connectivity index (χ1) is 12.0. The Labute approximate surface area is 155 Å². The Morgan fingerprint density at radius 3 is 2.68 bits per heavy atom. The van der Waals surface area contributed by atoms with Crippen molar-refractivity contribution in [3.63, 3.8) is 0 Å². The van der Waals surface area contributed by atoms with E-state index in [0.717, 1.165) is 11.1 Å². The summed E-state index contributed by atoms with van der Waals surface area (Å²) >= 11 is 3.41. The smallest absolute Gasteiger partial charge is 0.255 e. The van der Waals surface area contributed by atoms with Gasteiger partial charge < -0.3 is 25.6 Å². The number of aliphatic hydroxyl groups is 1. The summed E-state index contributed by atoms with van der Waals surface area (Å²) in [6.07, 6.45) is -0.579. The fraction of sp³-hybridized carbons (Fsp3) is 0.278. The van der Waals surface area contributed by atoms with Crippen LogP contribution < -0.4 is 20.5 Å². The van der Waals surface area contributed by atoms with Crippen LogP contribution in [0.5, 0.6) is 11.5 Å². The Morgan fingerprint density at radius 1 is 1.32 bits per heavy atom. The minimum Gasteiger partial charge on any atom is -0.493 e. The minimum absolute atomic E-state index is 0.226. The predicted octanol–water partition coefficient (Wildman–Crippen LogP) is 2.14. The van der Waals surface area contributed by atoms with Gasteiger partial charge in [0, 0.05) is 13.1 Å². The summed E-state index contributed by atoms with van der Waals surface area (Å²) in [4.78, 5) is 10.9. The standard InChI is InChI=1S/C18H21BrN2O4/c1-24-16-8-12(7-14(19)18(16)25-11-17(20)23)9-21-10-15(22)13-5-3-2-4-6-13/h2-8,15,21-22H,9-11H2,1H3,(H2,20,23)/t15-/m0/s1. The maximum atomic E-state index is 10.9. The lowest BCUT2D eigenvalue weighted by Gasteiger charge is -2.15. The fourth-order valence-corrected chi connectivity index (χ4v) is 2.91. The Balaban J connectivity index is 1.98. The third-order valence-corrected chi connectivity index (χ3v) is 4.09. The van der Waals surface area contributed by atoms with Crippen LogP contribution in [-0.4, -0.2) is 31.3 Å². The maximum absolute atomic E-state index is 10.9. The van der Waals surface area contributed by atoms with Gasteiger partial charge in [-0.15, -0.1) is 0 Å². The molecule has 0 bridgehead atoms. The van der Waals surface area contributed by atoms with Crippen molar-refractivity contribution in [2.75, 3.05) is 20.3 Å². The number of nitrogens with one attached hydrogen (secondary N) is 1. The van der Waals surface area contributed by atoms with Crippen molar-refractivity contribution in [2.24, 2.45) is 5.73 Å². The van der Waals surface area contributed by atoms with Crippen LogP contribution in [0.1, 0.15) is 17.2 Å². The number of rotatable bonds is 9. The van der Waals surface area contributed by atoms with E-state index >= 15 is 0 Å². The van der Waals surface area contributed by atoms with E-state index in [2.05, 4.69) is 21.2 Å². The lowest BCUT2D eigenvalue weighted by atomic mass is 10.1. The third kappa shape index (κ3) is 5.74. The zero-order chi connectivity index (χ0) is 18.2. The van der Waals surface area contributed by atoms with Gasteiger partial charge in [-0.2, -0.15) is 0 Å². The SMILES string of the molecule is COc1cc(CNC[C@H](O)c2ccccc2)cc(Br)c1OCC(N)=O. The van der Waals surface area contributed by atoms with E-state index in [9.17, 15) is 9.90 Å². The van der Waals surface area contributed by atoms with Crippen molar-refractivity contribution in [3.05, 3.63) is 58.1 Å². The lowest BCUT2D eigenvalue weighted by Crippen LogP contribution is -2.21. The topological polar surface area (TPSA) is 93.8 Å². The van der Waals surface area contributed by atoms with Crippen molar-refractivity contribution in [1.29, 1.82) is 0 Å². The summed E-state index contributed by atoms with van der Waals surface area (Å²) in [6.45, 7) is 0.731. The number of carbonyl (C=O) groups is 1. The molecule has 0 saturated carbocycles. The van der Waals surface area contributed by atoms with Crippen molar-refractivity contribution in [3.8, 4) is 11.5 Å². The summed E-state index contributed by atoms with van der Waals surface area (Å²) in [7, 11) is 1.52. The molecule has 2 aromatic carbocycles. The van der Waals surface area contributed by atoms with Gasteiger partial charge in [0.1, 0.15) is 0 Å². The van der Waals surface area contributed by atoms with Gasteiger partial charge in [0.25, 0.3) is 5.91 Å². The molecule has 0 saturated heterocycles. The highest BCUT2D eigenvalue weighted by Gasteiger charge is 2.13. The molecule has 0 unspecified atom stereocenters. The predicted molar refractivity (Wildman–Crippen MR) is 98.5 cm³/mol. The van der Waals surface area contributed by atoms with E-state index in [1.165, 1.54) is 7.11 Å². The molecule has 6 nitrogen and oxygen atoms in total. The zero-order valence-electron chi connectivity index (χ0n) is 13.9. The monoisotopic (exact) mass is 408 g/mol. The Kier molecular flexibility index (Phi) is 7.24. The fourth-order valence-electron chi connectivity index (χ4n) is 2.30. The summed E-state index contributed by atoms with van der Waals surface area (Å²) in [5.41, 5.74) is 6.91. The number of amides is 1. The number of primary amides is 1. The van der Waals surface area contributed by atoms with Gasteiger partial charge in [-0.05, 0) is 39.2 Å². The molecule has 0 radical (unpaired) electrons. The molecule has 1 atom stereocenters. The number of nitrogens with two attached hydrogens (primary N) is 1. The Hall–Kier alpha value is -2.09. The molecule has 2 aromatic rings. The van der Waals surface area contributed by atoms with Crippen LogP contribution in [0.15, 0.2) is 46.9 Å². The van der Waals surface area contributed by atoms with Gasteiger partial charge in [-0.25, -0.2) is 0 Å². The van der Waals surface area contributed by atoms with Crippen molar-refractivity contribution in [1.82, 2.24) is 5.32 Å². The van der Waals surface area contributed by atoms with Gasteiger partial charge in [-0.3, -0.25) is 4.79 Å². The number of hydrogen-bond donors (Lipinski definition) is 3. The molecule has 4 N–H and O–H groups in total. The number of halogens is 1. The van der Waals surface area contributed by atoms with E-state index in [1.807, 2.05) is 42.5 Å². The Morgan fingerprint density at radius 2 is 2.04 bits per heavy atom. The summed E-state index contributed by atoms with van der Waals surface area (Å²) in [5, 5.41) is 13.4. The molecule has 1 amide bonds.